The van der Waals surface area contributed by atoms with Crippen LogP contribution < -0.4 is 5.32 Å². The molecule has 0 aliphatic rings. The summed E-state index contributed by atoms with van der Waals surface area (Å²) >= 11 is 0. The molecule has 0 aliphatic heterocycles. The largest absolute Gasteiger partial charge is 0.478 e. The lowest BCUT2D eigenvalue weighted by Crippen LogP contribution is -2.28. The zero-order chi connectivity index (χ0) is 12.0. The molecule has 0 saturated carbocycles. The number of carboxylic acid groups (broad SMARTS) is 1. The number of nitrogens with zero attached hydrogens (tertiary/aromatic N) is 1. The summed E-state index contributed by atoms with van der Waals surface area (Å²) in [5.74, 6) is -0.308. The monoisotopic (exact) mass is 226 g/mol. The first kappa shape index (κ1) is 12.7. The molecule has 0 atom stereocenters. The Labute approximate surface area is 95.0 Å². The third kappa shape index (κ3) is 4.04. The lowest BCUT2D eigenvalue weighted by molar-refractivity contribution is 0.0696. The van der Waals surface area contributed by atoms with Crippen molar-refractivity contribution in [2.45, 2.75) is 13.5 Å². The standard InChI is InChI=1S/C11H18N2O3/c1-3-13(2)5-4-12-7-10-6-9(8-16-10)11(14)15/h6,8,12H,3-5,7H2,1-2H3,(H,14,15). The normalized spacial score (nSPS) is 10.9. The number of likely N-dealkylation sites (N-methyl/N-ethyl adjacent to an activating group) is 1. The molecule has 0 saturated heterocycles. The molecule has 16 heavy (non-hydrogen) atoms. The van der Waals surface area contributed by atoms with Crippen LogP contribution in [-0.2, 0) is 6.54 Å². The number of nitrogens with one attached hydrogen (secondary N) is 1. The van der Waals surface area contributed by atoms with E-state index in [1.165, 1.54) is 6.26 Å². The minimum absolute atomic E-state index is 0.197. The van der Waals surface area contributed by atoms with Gasteiger partial charge in [-0.2, -0.15) is 0 Å². The number of rotatable bonds is 7. The first-order valence-corrected chi connectivity index (χ1v) is 5.33. The number of hydrogen-bond acceptors (Lipinski definition) is 4. The molecule has 0 radical (unpaired) electrons. The van der Waals surface area contributed by atoms with Gasteiger partial charge in [0.05, 0.1) is 12.1 Å². The van der Waals surface area contributed by atoms with E-state index < -0.39 is 5.97 Å². The smallest absolute Gasteiger partial charge is 0.338 e. The average molecular weight is 226 g/mol. The second-order valence-corrected chi connectivity index (χ2v) is 3.68. The van der Waals surface area contributed by atoms with E-state index in [0.29, 0.717) is 12.3 Å². The summed E-state index contributed by atoms with van der Waals surface area (Å²) in [7, 11) is 2.05. The highest BCUT2D eigenvalue weighted by Gasteiger charge is 2.07. The number of carboxylic acids is 1. The van der Waals surface area contributed by atoms with Crippen LogP contribution >= 0.6 is 0 Å². The van der Waals surface area contributed by atoms with E-state index in [1.807, 2.05) is 0 Å². The van der Waals surface area contributed by atoms with Crippen LogP contribution in [-0.4, -0.2) is 42.7 Å². The van der Waals surface area contributed by atoms with Crippen molar-refractivity contribution in [1.29, 1.82) is 0 Å². The molecule has 0 fully saturated rings. The molecule has 0 aliphatic carbocycles. The molecule has 0 unspecified atom stereocenters. The van der Waals surface area contributed by atoms with E-state index in [1.54, 1.807) is 6.07 Å². The van der Waals surface area contributed by atoms with Crippen LogP contribution in [0.5, 0.6) is 0 Å². The Kier molecular flexibility index (Phi) is 5.01. The van der Waals surface area contributed by atoms with Crippen molar-refractivity contribution in [2.24, 2.45) is 0 Å². The van der Waals surface area contributed by atoms with E-state index in [-0.39, 0.29) is 5.56 Å². The van der Waals surface area contributed by atoms with Gasteiger partial charge in [0.1, 0.15) is 12.0 Å². The topological polar surface area (TPSA) is 65.7 Å². The Hall–Kier alpha value is -1.33. The van der Waals surface area contributed by atoms with Crippen molar-refractivity contribution in [3.05, 3.63) is 23.7 Å². The third-order valence-electron chi connectivity index (χ3n) is 2.41. The predicted molar refractivity (Wildman–Crippen MR) is 60.5 cm³/mol. The van der Waals surface area contributed by atoms with Crippen LogP contribution in [0.4, 0.5) is 0 Å². The molecule has 1 heterocycles. The Morgan fingerprint density at radius 2 is 2.38 bits per heavy atom. The van der Waals surface area contributed by atoms with Gasteiger partial charge in [-0.3, -0.25) is 0 Å². The second kappa shape index (κ2) is 6.30. The lowest BCUT2D eigenvalue weighted by atomic mass is 10.3. The van der Waals surface area contributed by atoms with Crippen molar-refractivity contribution >= 4 is 5.97 Å². The van der Waals surface area contributed by atoms with Crippen LogP contribution in [0.15, 0.2) is 16.7 Å². The molecule has 0 aromatic carbocycles. The van der Waals surface area contributed by atoms with Gasteiger partial charge in [-0.1, -0.05) is 6.92 Å². The fraction of sp³-hybridized carbons (Fsp3) is 0.545. The van der Waals surface area contributed by atoms with Gasteiger partial charge in [-0.25, -0.2) is 4.79 Å². The van der Waals surface area contributed by atoms with Crippen molar-refractivity contribution in [2.75, 3.05) is 26.7 Å². The molecule has 2 N–H and O–H groups in total. The summed E-state index contributed by atoms with van der Waals surface area (Å²) in [6.07, 6.45) is 1.26. The van der Waals surface area contributed by atoms with E-state index in [0.717, 1.165) is 19.6 Å². The summed E-state index contributed by atoms with van der Waals surface area (Å²) in [6, 6.07) is 1.54. The van der Waals surface area contributed by atoms with E-state index in [9.17, 15) is 4.79 Å². The average Bonchev–Trinajstić information content (AvgIpc) is 2.72. The molecule has 1 aromatic heterocycles. The second-order valence-electron chi connectivity index (χ2n) is 3.68. The van der Waals surface area contributed by atoms with Crippen molar-refractivity contribution in [3.63, 3.8) is 0 Å². The summed E-state index contributed by atoms with van der Waals surface area (Å²) in [6.45, 7) is 5.50. The quantitative estimate of drug-likeness (QED) is 0.679. The zero-order valence-corrected chi connectivity index (χ0v) is 9.69. The van der Waals surface area contributed by atoms with Gasteiger partial charge < -0.3 is 19.7 Å². The van der Waals surface area contributed by atoms with Gasteiger partial charge in [0.15, 0.2) is 0 Å². The van der Waals surface area contributed by atoms with Crippen LogP contribution in [0.25, 0.3) is 0 Å². The van der Waals surface area contributed by atoms with Crippen LogP contribution in [0.3, 0.4) is 0 Å². The Balaban J connectivity index is 2.24. The number of aromatic carboxylic acids is 1. The molecule has 90 valence electrons. The van der Waals surface area contributed by atoms with Gasteiger partial charge in [0.25, 0.3) is 0 Å². The molecule has 1 aromatic rings. The summed E-state index contributed by atoms with van der Waals surface area (Å²) in [4.78, 5) is 12.8. The highest BCUT2D eigenvalue weighted by molar-refractivity contribution is 5.87. The first-order chi connectivity index (χ1) is 7.63. The van der Waals surface area contributed by atoms with Crippen molar-refractivity contribution < 1.29 is 14.3 Å². The number of carbonyl (C=O) groups is 1. The number of hydrogen-bond donors (Lipinski definition) is 2. The molecule has 1 rings (SSSR count). The highest BCUT2D eigenvalue weighted by atomic mass is 16.4. The fourth-order valence-corrected chi connectivity index (χ4v) is 1.23. The van der Waals surface area contributed by atoms with Crippen molar-refractivity contribution in [3.8, 4) is 0 Å². The fourth-order valence-electron chi connectivity index (χ4n) is 1.23. The Morgan fingerprint density at radius 1 is 1.62 bits per heavy atom. The SMILES string of the molecule is CCN(C)CCNCc1cc(C(=O)O)co1. The summed E-state index contributed by atoms with van der Waals surface area (Å²) < 4.78 is 5.10. The molecule has 5 nitrogen and oxygen atoms in total. The minimum atomic E-state index is -0.958. The maximum atomic E-state index is 10.6. The highest BCUT2D eigenvalue weighted by Crippen LogP contribution is 2.06. The third-order valence-corrected chi connectivity index (χ3v) is 2.41. The van der Waals surface area contributed by atoms with Crippen molar-refractivity contribution in [1.82, 2.24) is 10.2 Å². The number of furan rings is 1. The van der Waals surface area contributed by atoms with Gasteiger partial charge in [0, 0.05) is 13.1 Å². The molecule has 5 heteroatoms. The van der Waals surface area contributed by atoms with Crippen LogP contribution in [0.1, 0.15) is 23.0 Å². The molecule has 0 bridgehead atoms. The Morgan fingerprint density at radius 3 is 2.94 bits per heavy atom. The van der Waals surface area contributed by atoms with Gasteiger partial charge >= 0.3 is 5.97 Å². The maximum Gasteiger partial charge on any atom is 0.338 e. The molecule has 0 spiro atoms. The Bertz CT molecular complexity index is 336. The zero-order valence-electron chi connectivity index (χ0n) is 9.69. The van der Waals surface area contributed by atoms with Gasteiger partial charge in [-0.05, 0) is 19.7 Å². The van der Waals surface area contributed by atoms with Crippen LogP contribution in [0.2, 0.25) is 0 Å². The molecular formula is C11H18N2O3. The minimum Gasteiger partial charge on any atom is -0.478 e. The summed E-state index contributed by atoms with van der Waals surface area (Å²) in [5, 5.41) is 11.9. The van der Waals surface area contributed by atoms with Crippen LogP contribution in [0, 0.1) is 0 Å². The first-order valence-electron chi connectivity index (χ1n) is 5.33. The van der Waals surface area contributed by atoms with Gasteiger partial charge in [0.2, 0.25) is 0 Å². The maximum absolute atomic E-state index is 10.6. The lowest BCUT2D eigenvalue weighted by Gasteiger charge is -2.13. The van der Waals surface area contributed by atoms with Gasteiger partial charge in [-0.15, -0.1) is 0 Å². The van der Waals surface area contributed by atoms with E-state index in [2.05, 4.69) is 24.2 Å². The van der Waals surface area contributed by atoms with E-state index in [4.69, 9.17) is 9.52 Å². The molecule has 0 amide bonds. The predicted octanol–water partition coefficient (Wildman–Crippen LogP) is 1.02. The van der Waals surface area contributed by atoms with E-state index >= 15 is 0 Å². The molecular weight excluding hydrogens is 208 g/mol. The summed E-state index contributed by atoms with van der Waals surface area (Å²) in [5.41, 5.74) is 0.197.